The van der Waals surface area contributed by atoms with Crippen LogP contribution in [0.25, 0.3) is 0 Å². The third kappa shape index (κ3) is 2.01. The number of esters is 1. The fourth-order valence-electron chi connectivity index (χ4n) is 0.566. The van der Waals surface area contributed by atoms with Crippen LogP contribution in [0, 0.1) is 0 Å². The molecule has 0 aromatic heterocycles. The van der Waals surface area contributed by atoms with Crippen LogP contribution in [0.3, 0.4) is 0 Å². The van der Waals surface area contributed by atoms with Gasteiger partial charge in [-0.1, -0.05) is 0 Å². The molecule has 3 nitrogen and oxygen atoms in total. The first kappa shape index (κ1) is 9.01. The predicted molar refractivity (Wildman–Crippen MR) is 33.4 cm³/mol. The molecular formula is C5H7NaO3. The fraction of sp³-hybridized carbons (Fsp3) is 0.400. The van der Waals surface area contributed by atoms with E-state index in [0.29, 0.717) is 18.6 Å². The number of aliphatic hydroxyl groups is 1. The second-order valence-corrected chi connectivity index (χ2v) is 1.54. The van der Waals surface area contributed by atoms with Crippen LogP contribution in [0.5, 0.6) is 0 Å². The Kier molecular flexibility index (Phi) is 3.93. The molecule has 1 N–H and O–H groups in total. The Labute approximate surface area is 75.0 Å². The van der Waals surface area contributed by atoms with Crippen molar-refractivity contribution in [1.29, 1.82) is 0 Å². The molecule has 1 fully saturated rings. The van der Waals surface area contributed by atoms with Gasteiger partial charge in [-0.05, 0) is 0 Å². The summed E-state index contributed by atoms with van der Waals surface area (Å²) in [5.41, 5.74) is 0.366. The van der Waals surface area contributed by atoms with E-state index in [1.54, 1.807) is 0 Å². The van der Waals surface area contributed by atoms with E-state index in [2.05, 4.69) is 4.74 Å². The minimum absolute atomic E-state index is 0. The average molecular weight is 138 g/mol. The van der Waals surface area contributed by atoms with Crippen LogP contribution in [-0.2, 0) is 9.53 Å². The van der Waals surface area contributed by atoms with Crippen LogP contribution >= 0.6 is 0 Å². The SMILES string of the molecule is O=C1OCCC1=CO.[NaH]. The Morgan fingerprint density at radius 2 is 2.33 bits per heavy atom. The molecule has 0 atom stereocenters. The molecule has 4 heteroatoms. The number of cyclic esters (lactones) is 1. The molecule has 0 spiro atoms. The molecule has 0 unspecified atom stereocenters. The van der Waals surface area contributed by atoms with Gasteiger partial charge < -0.3 is 9.84 Å². The van der Waals surface area contributed by atoms with E-state index in [0.717, 1.165) is 6.26 Å². The van der Waals surface area contributed by atoms with Crippen LogP contribution in [0.15, 0.2) is 11.8 Å². The van der Waals surface area contributed by atoms with Crippen LogP contribution in [0.2, 0.25) is 0 Å². The third-order valence-corrected chi connectivity index (χ3v) is 1.02. The van der Waals surface area contributed by atoms with Crippen molar-refractivity contribution in [3.63, 3.8) is 0 Å². The van der Waals surface area contributed by atoms with Gasteiger partial charge in [0.1, 0.15) is 0 Å². The number of carbonyl (C=O) groups is 1. The summed E-state index contributed by atoms with van der Waals surface area (Å²) >= 11 is 0. The zero-order valence-electron chi connectivity index (χ0n) is 4.26. The first-order valence-electron chi connectivity index (χ1n) is 2.35. The van der Waals surface area contributed by atoms with Gasteiger partial charge in [0.15, 0.2) is 0 Å². The summed E-state index contributed by atoms with van der Waals surface area (Å²) in [6, 6.07) is 0. The van der Waals surface area contributed by atoms with Gasteiger partial charge in [0, 0.05) is 6.42 Å². The number of aliphatic hydroxyl groups excluding tert-OH is 1. The van der Waals surface area contributed by atoms with E-state index in [9.17, 15) is 4.79 Å². The molecule has 0 aliphatic carbocycles. The number of carbonyl (C=O) groups excluding carboxylic acids is 1. The fourth-order valence-corrected chi connectivity index (χ4v) is 0.566. The zero-order chi connectivity index (χ0) is 5.98. The predicted octanol–water partition coefficient (Wildman–Crippen LogP) is -0.273. The van der Waals surface area contributed by atoms with Crippen molar-refractivity contribution in [3.05, 3.63) is 11.8 Å². The van der Waals surface area contributed by atoms with Crippen molar-refractivity contribution in [1.82, 2.24) is 0 Å². The maximum atomic E-state index is 10.4. The minimum atomic E-state index is -0.396. The third-order valence-electron chi connectivity index (χ3n) is 1.02. The maximum absolute atomic E-state index is 10.4. The summed E-state index contributed by atoms with van der Waals surface area (Å²) in [7, 11) is 0. The Morgan fingerprint density at radius 1 is 1.67 bits per heavy atom. The molecule has 0 aromatic rings. The van der Waals surface area contributed by atoms with Gasteiger partial charge in [-0.3, -0.25) is 0 Å². The Bertz CT molecular complexity index is 141. The van der Waals surface area contributed by atoms with Crippen molar-refractivity contribution in [2.45, 2.75) is 6.42 Å². The molecule has 1 rings (SSSR count). The van der Waals surface area contributed by atoms with Crippen LogP contribution in [0.4, 0.5) is 0 Å². The molecule has 1 saturated heterocycles. The second kappa shape index (κ2) is 3.93. The zero-order valence-corrected chi connectivity index (χ0v) is 4.26. The van der Waals surface area contributed by atoms with Crippen molar-refractivity contribution in [2.75, 3.05) is 6.61 Å². The first-order chi connectivity index (χ1) is 3.84. The topological polar surface area (TPSA) is 46.5 Å². The quantitative estimate of drug-likeness (QED) is 0.217. The normalized spacial score (nSPS) is 21.3. The molecule has 9 heavy (non-hydrogen) atoms. The van der Waals surface area contributed by atoms with Crippen molar-refractivity contribution >= 4 is 35.5 Å². The van der Waals surface area contributed by atoms with E-state index in [1.807, 2.05) is 0 Å². The Hall–Kier alpha value is 0.0100. The van der Waals surface area contributed by atoms with Gasteiger partial charge in [-0.25, -0.2) is 4.79 Å². The first-order valence-corrected chi connectivity index (χ1v) is 2.35. The average Bonchev–Trinajstić information content (AvgIpc) is 2.14. The van der Waals surface area contributed by atoms with Gasteiger partial charge in [0.2, 0.25) is 0 Å². The van der Waals surface area contributed by atoms with E-state index in [4.69, 9.17) is 5.11 Å². The van der Waals surface area contributed by atoms with Gasteiger partial charge >= 0.3 is 35.5 Å². The van der Waals surface area contributed by atoms with Gasteiger partial charge in [0.25, 0.3) is 0 Å². The van der Waals surface area contributed by atoms with Crippen LogP contribution in [-0.4, -0.2) is 47.2 Å². The van der Waals surface area contributed by atoms with E-state index in [-0.39, 0.29) is 29.6 Å². The molecule has 0 saturated carbocycles. The van der Waals surface area contributed by atoms with Gasteiger partial charge in [-0.2, -0.15) is 0 Å². The molecule has 0 radical (unpaired) electrons. The summed E-state index contributed by atoms with van der Waals surface area (Å²) in [4.78, 5) is 10.4. The Morgan fingerprint density at radius 3 is 2.56 bits per heavy atom. The molecule has 1 aliphatic rings. The number of rotatable bonds is 0. The monoisotopic (exact) mass is 138 g/mol. The molecule has 1 aliphatic heterocycles. The van der Waals surface area contributed by atoms with Gasteiger partial charge in [0.05, 0.1) is 18.4 Å². The number of hydrogen-bond acceptors (Lipinski definition) is 3. The molecule has 0 bridgehead atoms. The standard InChI is InChI=1S/C5H6O3.Na.H/c6-3-4-1-2-8-5(4)7;;/h3,6H,1-2H2;;. The summed E-state index contributed by atoms with van der Waals surface area (Å²) < 4.78 is 4.49. The van der Waals surface area contributed by atoms with Gasteiger partial charge in [-0.15, -0.1) is 0 Å². The number of ether oxygens (including phenoxy) is 1. The molecule has 0 aromatic carbocycles. The summed E-state index contributed by atoms with van der Waals surface area (Å²) in [6.07, 6.45) is 1.34. The van der Waals surface area contributed by atoms with Crippen molar-refractivity contribution in [3.8, 4) is 0 Å². The second-order valence-electron chi connectivity index (χ2n) is 1.54. The van der Waals surface area contributed by atoms with Crippen molar-refractivity contribution < 1.29 is 14.6 Å². The Balaban J connectivity index is 0.000000640. The summed E-state index contributed by atoms with van der Waals surface area (Å²) in [5, 5.41) is 8.27. The molecule has 0 amide bonds. The van der Waals surface area contributed by atoms with E-state index < -0.39 is 5.97 Å². The number of hydrogen-bond donors (Lipinski definition) is 1. The van der Waals surface area contributed by atoms with Crippen molar-refractivity contribution in [2.24, 2.45) is 0 Å². The summed E-state index contributed by atoms with van der Waals surface area (Å²) in [6.45, 7) is 0.408. The summed E-state index contributed by atoms with van der Waals surface area (Å²) in [5.74, 6) is -0.396. The molecular weight excluding hydrogens is 131 g/mol. The molecule has 46 valence electrons. The van der Waals surface area contributed by atoms with Crippen LogP contribution < -0.4 is 0 Å². The molecule has 1 heterocycles. The van der Waals surface area contributed by atoms with Crippen LogP contribution in [0.1, 0.15) is 6.42 Å². The van der Waals surface area contributed by atoms with E-state index >= 15 is 0 Å². The van der Waals surface area contributed by atoms with E-state index in [1.165, 1.54) is 0 Å².